The molecule has 0 saturated carbocycles. The van der Waals surface area contributed by atoms with Crippen molar-refractivity contribution in [1.82, 2.24) is 10.2 Å². The van der Waals surface area contributed by atoms with Crippen molar-refractivity contribution in [2.24, 2.45) is 0 Å². The summed E-state index contributed by atoms with van der Waals surface area (Å²) in [7, 11) is -4.21. The lowest BCUT2D eigenvalue weighted by molar-refractivity contribution is -0.140. The van der Waals surface area contributed by atoms with E-state index in [9.17, 15) is 18.0 Å². The van der Waals surface area contributed by atoms with Gasteiger partial charge in [-0.2, -0.15) is 0 Å². The van der Waals surface area contributed by atoms with Crippen LogP contribution in [-0.4, -0.2) is 49.8 Å². The van der Waals surface area contributed by atoms with Gasteiger partial charge in [-0.1, -0.05) is 78.2 Å². The van der Waals surface area contributed by atoms with Gasteiger partial charge in [0.25, 0.3) is 10.0 Å². The molecule has 3 rings (SSSR count). The van der Waals surface area contributed by atoms with E-state index >= 15 is 0 Å². The monoisotopic (exact) mass is 617 g/mol. The largest absolute Gasteiger partial charge is 0.350 e. The summed E-state index contributed by atoms with van der Waals surface area (Å²) in [6, 6.07) is 19.5. The van der Waals surface area contributed by atoms with Gasteiger partial charge < -0.3 is 10.2 Å². The summed E-state index contributed by atoms with van der Waals surface area (Å²) < 4.78 is 28.9. The number of carbonyl (C=O) groups excluding carboxylic acids is 2. The summed E-state index contributed by atoms with van der Waals surface area (Å²) in [6.45, 7) is 8.94. The van der Waals surface area contributed by atoms with E-state index in [0.717, 1.165) is 15.4 Å². The van der Waals surface area contributed by atoms with Crippen LogP contribution in [-0.2, 0) is 26.0 Å². The number of nitrogens with one attached hydrogen (secondary N) is 1. The number of hydrogen-bond donors (Lipinski definition) is 1. The van der Waals surface area contributed by atoms with Crippen molar-refractivity contribution in [2.75, 3.05) is 17.4 Å². The Balaban J connectivity index is 2.05. The second kappa shape index (κ2) is 13.7. The molecule has 0 saturated heterocycles. The van der Waals surface area contributed by atoms with Gasteiger partial charge >= 0.3 is 0 Å². The van der Waals surface area contributed by atoms with Crippen molar-refractivity contribution >= 4 is 50.7 Å². The molecule has 0 unspecified atom stereocenters. The molecule has 0 fully saturated rings. The van der Waals surface area contributed by atoms with Gasteiger partial charge in [-0.05, 0) is 76.4 Å². The lowest BCUT2D eigenvalue weighted by Crippen LogP contribution is -2.56. The molecule has 0 aromatic heterocycles. The number of benzene rings is 3. The Morgan fingerprint density at radius 3 is 2.05 bits per heavy atom. The number of anilines is 1. The van der Waals surface area contributed by atoms with Gasteiger partial charge in [0.2, 0.25) is 11.8 Å². The first-order valence-electron chi connectivity index (χ1n) is 13.4. The Morgan fingerprint density at radius 2 is 1.51 bits per heavy atom. The number of amides is 2. The topological polar surface area (TPSA) is 86.8 Å². The Kier molecular flexibility index (Phi) is 10.9. The number of sulfonamides is 1. The van der Waals surface area contributed by atoms with Crippen LogP contribution in [0.4, 0.5) is 5.69 Å². The molecule has 41 heavy (non-hydrogen) atoms. The highest BCUT2D eigenvalue weighted by molar-refractivity contribution is 7.92. The number of hydrogen-bond acceptors (Lipinski definition) is 4. The van der Waals surface area contributed by atoms with Crippen LogP contribution in [0.1, 0.15) is 45.2 Å². The lowest BCUT2D eigenvalue weighted by Gasteiger charge is -2.34. The van der Waals surface area contributed by atoms with Crippen molar-refractivity contribution < 1.29 is 18.0 Å². The van der Waals surface area contributed by atoms with Crippen LogP contribution in [0, 0.1) is 6.92 Å². The molecule has 3 aromatic rings. The second-order valence-electron chi connectivity index (χ2n) is 10.9. The lowest BCUT2D eigenvalue weighted by atomic mass is 10.1. The van der Waals surface area contributed by atoms with Gasteiger partial charge in [0.1, 0.15) is 12.6 Å². The molecular weight excluding hydrogens is 581 g/mol. The zero-order valence-corrected chi connectivity index (χ0v) is 26.4. The molecule has 0 aliphatic carbocycles. The van der Waals surface area contributed by atoms with Crippen molar-refractivity contribution in [3.8, 4) is 0 Å². The smallest absolute Gasteiger partial charge is 0.264 e. The maximum Gasteiger partial charge on any atom is 0.264 e. The van der Waals surface area contributed by atoms with Crippen LogP contribution in [0.15, 0.2) is 77.7 Å². The summed E-state index contributed by atoms with van der Waals surface area (Å²) >= 11 is 12.5. The third-order valence-corrected chi connectivity index (χ3v) is 8.62. The minimum atomic E-state index is -4.21. The number of nitrogens with zero attached hydrogens (tertiary/aromatic N) is 2. The first-order chi connectivity index (χ1) is 19.2. The molecule has 220 valence electrons. The van der Waals surface area contributed by atoms with Crippen molar-refractivity contribution in [1.29, 1.82) is 0 Å². The van der Waals surface area contributed by atoms with Gasteiger partial charge in [0.15, 0.2) is 0 Å². The first-order valence-corrected chi connectivity index (χ1v) is 15.6. The molecule has 2 amide bonds. The number of aryl methyl sites for hydroxylation is 1. The Hall–Kier alpha value is -3.07. The predicted molar refractivity (Wildman–Crippen MR) is 166 cm³/mol. The van der Waals surface area contributed by atoms with Crippen molar-refractivity contribution in [3.63, 3.8) is 0 Å². The van der Waals surface area contributed by atoms with E-state index in [0.29, 0.717) is 12.8 Å². The van der Waals surface area contributed by atoms with Gasteiger partial charge in [0, 0.05) is 22.1 Å². The van der Waals surface area contributed by atoms with Gasteiger partial charge in [0.05, 0.1) is 10.6 Å². The average molecular weight is 619 g/mol. The maximum absolute atomic E-state index is 14.1. The van der Waals surface area contributed by atoms with Crippen molar-refractivity contribution in [3.05, 3.63) is 94.0 Å². The highest BCUT2D eigenvalue weighted by Gasteiger charge is 2.34. The van der Waals surface area contributed by atoms with Crippen molar-refractivity contribution in [2.45, 2.75) is 63.9 Å². The van der Waals surface area contributed by atoms with Gasteiger partial charge in [-0.3, -0.25) is 13.9 Å². The molecule has 0 spiro atoms. The van der Waals surface area contributed by atoms with E-state index in [4.69, 9.17) is 23.2 Å². The quantitative estimate of drug-likeness (QED) is 0.275. The molecular formula is C31H37Cl2N3O4S. The standard InChI is InChI=1S/C31H37Cl2N3O4S/c1-6-28(30(38)34-31(3,4)5)35(17-16-23-10-8-7-9-11-23)29(37)21-36(26-19-24(32)18-25(33)20-26)41(39,40)27-14-12-22(2)13-15-27/h7-15,18-20,28H,6,16-17,21H2,1-5H3,(H,34,38)/t28-/m0/s1. The summed E-state index contributed by atoms with van der Waals surface area (Å²) in [6.07, 6.45) is 0.829. The Labute approximate surface area is 253 Å². The minimum Gasteiger partial charge on any atom is -0.350 e. The fourth-order valence-corrected chi connectivity index (χ4v) is 6.31. The minimum absolute atomic E-state index is 0.0142. The number of rotatable bonds is 11. The fraction of sp³-hybridized carbons (Fsp3) is 0.355. The van der Waals surface area contributed by atoms with Crippen LogP contribution in [0.25, 0.3) is 0 Å². The predicted octanol–water partition coefficient (Wildman–Crippen LogP) is 6.26. The van der Waals surface area contributed by atoms with Crippen LogP contribution >= 0.6 is 23.2 Å². The van der Waals surface area contributed by atoms with Crippen LogP contribution in [0.5, 0.6) is 0 Å². The molecule has 1 N–H and O–H groups in total. The molecule has 3 aromatic carbocycles. The third-order valence-electron chi connectivity index (χ3n) is 6.39. The van der Waals surface area contributed by atoms with Crippen LogP contribution in [0.2, 0.25) is 10.0 Å². The highest BCUT2D eigenvalue weighted by Crippen LogP contribution is 2.30. The number of carbonyl (C=O) groups is 2. The molecule has 10 heteroatoms. The molecule has 0 bridgehead atoms. The molecule has 0 aliphatic heterocycles. The maximum atomic E-state index is 14.1. The van der Waals surface area contributed by atoms with Crippen LogP contribution in [0.3, 0.4) is 0 Å². The summed E-state index contributed by atoms with van der Waals surface area (Å²) in [5.74, 6) is -0.830. The zero-order chi connectivity index (χ0) is 30.4. The normalized spacial score (nSPS) is 12.5. The molecule has 0 radical (unpaired) electrons. The first kappa shape index (κ1) is 32.4. The van der Waals surface area contributed by atoms with E-state index in [2.05, 4.69) is 5.32 Å². The second-order valence-corrected chi connectivity index (χ2v) is 13.7. The van der Waals surface area contributed by atoms with Gasteiger partial charge in [-0.15, -0.1) is 0 Å². The van der Waals surface area contributed by atoms with Gasteiger partial charge in [-0.25, -0.2) is 8.42 Å². The molecule has 1 atom stereocenters. The fourth-order valence-electron chi connectivity index (χ4n) is 4.40. The highest BCUT2D eigenvalue weighted by atomic mass is 35.5. The Morgan fingerprint density at radius 1 is 0.927 bits per heavy atom. The average Bonchev–Trinajstić information content (AvgIpc) is 2.88. The summed E-state index contributed by atoms with van der Waals surface area (Å²) in [5, 5.41) is 3.41. The Bertz CT molecular complexity index is 1440. The molecule has 0 aliphatic rings. The number of halogens is 2. The van der Waals surface area contributed by atoms with E-state index in [1.165, 1.54) is 35.2 Å². The molecule has 0 heterocycles. The summed E-state index contributed by atoms with van der Waals surface area (Å²) in [4.78, 5) is 28.9. The SMILES string of the molecule is CC[C@@H](C(=O)NC(C)(C)C)N(CCc1ccccc1)C(=O)CN(c1cc(Cl)cc(Cl)c1)S(=O)(=O)c1ccc(C)cc1. The van der Waals surface area contributed by atoms with Crippen LogP contribution < -0.4 is 9.62 Å². The zero-order valence-electron chi connectivity index (χ0n) is 24.0. The third kappa shape index (κ3) is 8.96. The van der Waals surface area contributed by atoms with E-state index in [-0.39, 0.29) is 33.1 Å². The van der Waals surface area contributed by atoms with E-state index in [1.807, 2.05) is 65.0 Å². The summed E-state index contributed by atoms with van der Waals surface area (Å²) in [5.41, 5.74) is 1.51. The van der Waals surface area contributed by atoms with E-state index < -0.39 is 34.1 Å². The van der Waals surface area contributed by atoms with E-state index in [1.54, 1.807) is 12.1 Å². The molecule has 7 nitrogen and oxygen atoms in total.